The Kier molecular flexibility index (Phi) is 3.88. The molecule has 96 valence electrons. The van der Waals surface area contributed by atoms with Crippen molar-refractivity contribution < 1.29 is 4.79 Å². The lowest BCUT2D eigenvalue weighted by Crippen LogP contribution is -2.26. The lowest BCUT2D eigenvalue weighted by molar-refractivity contribution is 0.0956. The number of aryl methyl sites for hydroxylation is 1. The summed E-state index contributed by atoms with van der Waals surface area (Å²) in [6, 6.07) is 0. The van der Waals surface area contributed by atoms with Gasteiger partial charge in [0.05, 0.1) is 23.5 Å². The first-order valence-corrected chi connectivity index (χ1v) is 6.63. The summed E-state index contributed by atoms with van der Waals surface area (Å²) in [6.07, 6.45) is 3.29. The van der Waals surface area contributed by atoms with E-state index in [-0.39, 0.29) is 5.91 Å². The third-order valence-corrected chi connectivity index (χ3v) is 4.08. The van der Waals surface area contributed by atoms with Crippen LogP contribution in [-0.2, 0) is 6.54 Å². The fourth-order valence-electron chi connectivity index (χ4n) is 1.45. The van der Waals surface area contributed by atoms with Gasteiger partial charge in [-0.05, 0) is 17.9 Å². The quantitative estimate of drug-likeness (QED) is 0.901. The van der Waals surface area contributed by atoms with E-state index in [1.807, 2.05) is 12.3 Å². The van der Waals surface area contributed by atoms with Gasteiger partial charge in [-0.15, -0.1) is 11.3 Å². The van der Waals surface area contributed by atoms with Gasteiger partial charge in [0.1, 0.15) is 4.88 Å². The molecular weight excluding hydrogens is 272 g/mol. The summed E-state index contributed by atoms with van der Waals surface area (Å²) in [6.45, 7) is 2.93. The molecule has 2 aromatic rings. The lowest BCUT2D eigenvalue weighted by Gasteiger charge is -2.04. The van der Waals surface area contributed by atoms with Gasteiger partial charge in [-0.3, -0.25) is 9.48 Å². The number of anilines is 1. The predicted molar refractivity (Wildman–Crippen MR) is 73.0 cm³/mol. The van der Waals surface area contributed by atoms with Gasteiger partial charge >= 0.3 is 0 Å². The number of hydrogen-bond donors (Lipinski definition) is 2. The van der Waals surface area contributed by atoms with Gasteiger partial charge < -0.3 is 11.1 Å². The second-order valence-electron chi connectivity index (χ2n) is 3.85. The highest BCUT2D eigenvalue weighted by Crippen LogP contribution is 2.26. The number of nitrogens with one attached hydrogen (secondary N) is 1. The molecule has 0 aliphatic rings. The average Bonchev–Trinajstić information content (AvgIpc) is 2.87. The molecule has 0 saturated heterocycles. The highest BCUT2D eigenvalue weighted by Gasteiger charge is 2.13. The van der Waals surface area contributed by atoms with E-state index >= 15 is 0 Å². The number of carbonyl (C=O) groups excluding carboxylic acids is 1. The van der Waals surface area contributed by atoms with Crippen LogP contribution >= 0.6 is 22.9 Å². The fourth-order valence-corrected chi connectivity index (χ4v) is 2.64. The molecule has 1 amide bonds. The standard InChI is InChI=1S/C11H13ClN4OS/c1-7-6-18-10(9(7)12)11(17)14-2-3-16-5-8(13)4-15-16/h4-6H,2-3,13H2,1H3,(H,14,17). The fraction of sp³-hybridized carbons (Fsp3) is 0.273. The zero-order valence-corrected chi connectivity index (χ0v) is 11.4. The van der Waals surface area contributed by atoms with Gasteiger partial charge in [0.15, 0.2) is 0 Å². The van der Waals surface area contributed by atoms with E-state index in [0.29, 0.717) is 28.7 Å². The number of rotatable bonds is 4. The largest absolute Gasteiger partial charge is 0.396 e. The molecule has 0 aliphatic carbocycles. The monoisotopic (exact) mass is 284 g/mol. The number of hydrogen-bond acceptors (Lipinski definition) is 4. The van der Waals surface area contributed by atoms with Crippen molar-refractivity contribution in [2.24, 2.45) is 0 Å². The molecule has 0 bridgehead atoms. The normalized spacial score (nSPS) is 10.6. The average molecular weight is 285 g/mol. The molecule has 0 saturated carbocycles. The van der Waals surface area contributed by atoms with Gasteiger partial charge in [0.2, 0.25) is 0 Å². The van der Waals surface area contributed by atoms with E-state index in [2.05, 4.69) is 10.4 Å². The molecule has 2 rings (SSSR count). The minimum atomic E-state index is -0.154. The third-order valence-electron chi connectivity index (χ3n) is 2.39. The minimum Gasteiger partial charge on any atom is -0.396 e. The van der Waals surface area contributed by atoms with Gasteiger partial charge in [-0.2, -0.15) is 5.10 Å². The molecule has 0 aliphatic heterocycles. The molecule has 2 aromatic heterocycles. The van der Waals surface area contributed by atoms with Crippen LogP contribution in [0.2, 0.25) is 5.02 Å². The first kappa shape index (κ1) is 12.9. The maximum Gasteiger partial charge on any atom is 0.262 e. The Bertz CT molecular complexity index is 563. The molecule has 0 spiro atoms. The zero-order chi connectivity index (χ0) is 13.1. The smallest absolute Gasteiger partial charge is 0.262 e. The van der Waals surface area contributed by atoms with E-state index in [4.69, 9.17) is 17.3 Å². The van der Waals surface area contributed by atoms with E-state index in [1.165, 1.54) is 11.3 Å². The van der Waals surface area contributed by atoms with Crippen molar-refractivity contribution in [1.29, 1.82) is 0 Å². The summed E-state index contributed by atoms with van der Waals surface area (Å²) in [5.41, 5.74) is 7.07. The van der Waals surface area contributed by atoms with Gasteiger partial charge in [-0.1, -0.05) is 11.6 Å². The number of nitrogens with two attached hydrogens (primary N) is 1. The van der Waals surface area contributed by atoms with Crippen LogP contribution in [-0.4, -0.2) is 22.2 Å². The second kappa shape index (κ2) is 5.41. The topological polar surface area (TPSA) is 72.9 Å². The first-order chi connectivity index (χ1) is 8.58. The van der Waals surface area contributed by atoms with E-state index in [0.717, 1.165) is 5.56 Å². The summed E-state index contributed by atoms with van der Waals surface area (Å²) in [5.74, 6) is -0.154. The van der Waals surface area contributed by atoms with Gasteiger partial charge in [0.25, 0.3) is 5.91 Å². The molecule has 0 radical (unpaired) electrons. The number of nitrogens with zero attached hydrogens (tertiary/aromatic N) is 2. The minimum absolute atomic E-state index is 0.154. The molecule has 0 unspecified atom stereocenters. The van der Waals surface area contributed by atoms with Crippen LogP contribution in [0.1, 0.15) is 15.2 Å². The number of aromatic nitrogens is 2. The molecule has 18 heavy (non-hydrogen) atoms. The summed E-state index contributed by atoms with van der Waals surface area (Å²) in [7, 11) is 0. The summed E-state index contributed by atoms with van der Waals surface area (Å²) in [5, 5.41) is 9.22. The molecular formula is C11H13ClN4OS. The van der Waals surface area contributed by atoms with Crippen molar-refractivity contribution in [2.45, 2.75) is 13.5 Å². The van der Waals surface area contributed by atoms with Gasteiger partial charge in [0, 0.05) is 12.7 Å². The molecule has 5 nitrogen and oxygen atoms in total. The number of amides is 1. The Morgan fingerprint density at radius 1 is 1.67 bits per heavy atom. The number of carbonyl (C=O) groups is 1. The number of halogens is 1. The van der Waals surface area contributed by atoms with Crippen molar-refractivity contribution >= 4 is 34.5 Å². The Morgan fingerprint density at radius 3 is 3.00 bits per heavy atom. The Labute approximate surface area is 114 Å². The van der Waals surface area contributed by atoms with Crippen LogP contribution in [0.5, 0.6) is 0 Å². The lowest BCUT2D eigenvalue weighted by atomic mass is 10.3. The summed E-state index contributed by atoms with van der Waals surface area (Å²) < 4.78 is 1.68. The first-order valence-electron chi connectivity index (χ1n) is 5.37. The zero-order valence-electron chi connectivity index (χ0n) is 9.81. The number of thiophene rings is 1. The molecule has 3 N–H and O–H groups in total. The number of nitrogen functional groups attached to an aromatic ring is 1. The highest BCUT2D eigenvalue weighted by atomic mass is 35.5. The van der Waals surface area contributed by atoms with Crippen molar-refractivity contribution in [3.63, 3.8) is 0 Å². The van der Waals surface area contributed by atoms with Crippen LogP contribution in [0.25, 0.3) is 0 Å². The Balaban J connectivity index is 1.87. The predicted octanol–water partition coefficient (Wildman–Crippen LogP) is 1.92. The van der Waals surface area contributed by atoms with E-state index < -0.39 is 0 Å². The second-order valence-corrected chi connectivity index (χ2v) is 5.11. The highest BCUT2D eigenvalue weighted by molar-refractivity contribution is 7.13. The van der Waals surface area contributed by atoms with Gasteiger partial charge in [-0.25, -0.2) is 0 Å². The van der Waals surface area contributed by atoms with Crippen LogP contribution in [0.3, 0.4) is 0 Å². The maximum atomic E-state index is 11.8. The van der Waals surface area contributed by atoms with E-state index in [9.17, 15) is 4.79 Å². The summed E-state index contributed by atoms with van der Waals surface area (Å²) in [4.78, 5) is 12.4. The van der Waals surface area contributed by atoms with Crippen LogP contribution in [0.4, 0.5) is 5.69 Å². The Morgan fingerprint density at radius 2 is 2.44 bits per heavy atom. The van der Waals surface area contributed by atoms with Crippen molar-refractivity contribution in [2.75, 3.05) is 12.3 Å². The van der Waals surface area contributed by atoms with Crippen LogP contribution in [0.15, 0.2) is 17.8 Å². The molecule has 0 aromatic carbocycles. The SMILES string of the molecule is Cc1csc(C(=O)NCCn2cc(N)cn2)c1Cl. The summed E-state index contributed by atoms with van der Waals surface area (Å²) >= 11 is 7.37. The van der Waals surface area contributed by atoms with Crippen molar-refractivity contribution in [3.05, 3.63) is 33.2 Å². The third kappa shape index (κ3) is 2.83. The maximum absolute atomic E-state index is 11.8. The molecule has 7 heteroatoms. The van der Waals surface area contributed by atoms with Crippen molar-refractivity contribution in [3.8, 4) is 0 Å². The van der Waals surface area contributed by atoms with Crippen molar-refractivity contribution in [1.82, 2.24) is 15.1 Å². The molecule has 0 fully saturated rings. The molecule has 0 atom stereocenters. The Hall–Kier alpha value is -1.53. The molecule has 2 heterocycles. The van der Waals surface area contributed by atoms with E-state index in [1.54, 1.807) is 17.1 Å². The van der Waals surface area contributed by atoms with Crippen LogP contribution in [0, 0.1) is 6.92 Å². The van der Waals surface area contributed by atoms with Crippen LogP contribution < -0.4 is 11.1 Å².